The van der Waals surface area contributed by atoms with Gasteiger partial charge < -0.3 is 31.5 Å². The quantitative estimate of drug-likeness (QED) is 0.117. The SMILES string of the molecule is c1ccc(-c2nc(-c3ccccc3)nc(-c3ccc4oc5ccc(-n6c7ccccc7c7cc(-c8ccc9c(c8)c8ccccc8n9-c8cccc9c8oc8ccccc89)ccc76)cc5c4c3)n2)cc1.c1ccc(-c2nc(-c3ccccc3)nc(-c3cccc4c3sc3c(-n5c6ccccc6c6cc(-c7ccc8c(c7)c7ccccc7n8-c7cccc8c7oc7ccccc78)ccc65)cccc34)n2)cc1. The maximum absolute atomic E-state index is 6.58. The van der Waals surface area contributed by atoms with Crippen molar-refractivity contribution in [3.05, 3.63) is 449 Å². The van der Waals surface area contributed by atoms with E-state index in [2.05, 4.69) is 334 Å². The summed E-state index contributed by atoms with van der Waals surface area (Å²) >= 11 is 1.80. The molecule has 0 amide bonds. The van der Waals surface area contributed by atoms with Gasteiger partial charge in [0.2, 0.25) is 0 Å². The minimum absolute atomic E-state index is 0.600. The smallest absolute Gasteiger partial charge is 0.165 e. The van der Waals surface area contributed by atoms with E-state index in [9.17, 15) is 0 Å². The van der Waals surface area contributed by atoms with E-state index in [0.29, 0.717) is 34.9 Å². The highest BCUT2D eigenvalue weighted by atomic mass is 32.1. The molecule has 0 saturated carbocycles. The van der Waals surface area contributed by atoms with Crippen LogP contribution in [0.15, 0.2) is 462 Å². The van der Waals surface area contributed by atoms with Gasteiger partial charge in [-0.2, -0.15) is 0 Å². The zero-order chi connectivity index (χ0) is 91.7. The van der Waals surface area contributed by atoms with Crippen molar-refractivity contribution in [3.8, 4) is 113 Å². The molecule has 0 aliphatic rings. The average molecular weight is 1810 g/mol. The van der Waals surface area contributed by atoms with E-state index < -0.39 is 0 Å². The summed E-state index contributed by atoms with van der Waals surface area (Å²) in [5, 5.41) is 18.4. The fourth-order valence-corrected chi connectivity index (χ4v) is 22.9. The molecule has 0 radical (unpaired) electrons. The summed E-state index contributed by atoms with van der Waals surface area (Å²) in [6.07, 6.45) is 0. The first-order valence-corrected chi connectivity index (χ1v) is 47.8. The molecular formula is C126H74N10O3S. The lowest BCUT2D eigenvalue weighted by Gasteiger charge is -2.10. The highest BCUT2D eigenvalue weighted by molar-refractivity contribution is 7.26. The molecule has 30 aromatic rings. The minimum atomic E-state index is 0.600. The van der Waals surface area contributed by atoms with Gasteiger partial charge >= 0.3 is 0 Å². The molecule has 30 rings (SSSR count). The Balaban J connectivity index is 0.000000134. The lowest BCUT2D eigenvalue weighted by atomic mass is 10.0. The van der Waals surface area contributed by atoms with Crippen LogP contribution in [0.2, 0.25) is 0 Å². The number of nitrogens with zero attached hydrogens (tertiary/aromatic N) is 10. The van der Waals surface area contributed by atoms with E-state index in [1.165, 1.54) is 69.7 Å². The van der Waals surface area contributed by atoms with Crippen LogP contribution in [0.25, 0.3) is 287 Å². The predicted molar refractivity (Wildman–Crippen MR) is 575 cm³/mol. The molecule has 0 aliphatic heterocycles. The number of rotatable bonds is 12. The van der Waals surface area contributed by atoms with E-state index >= 15 is 0 Å². The summed E-state index contributed by atoms with van der Waals surface area (Å²) in [4.78, 5) is 30.2. The zero-order valence-electron chi connectivity index (χ0n) is 74.8. The monoisotopic (exact) mass is 1810 g/mol. The van der Waals surface area contributed by atoms with Gasteiger partial charge in [-0.1, -0.05) is 303 Å². The molecule has 0 N–H and O–H groups in total. The van der Waals surface area contributed by atoms with Crippen LogP contribution in [-0.4, -0.2) is 48.2 Å². The zero-order valence-corrected chi connectivity index (χ0v) is 75.6. The average Bonchev–Trinajstić information content (AvgIpc) is 1.57. The highest BCUT2D eigenvalue weighted by Gasteiger charge is 2.27. The fourth-order valence-electron chi connectivity index (χ4n) is 21.6. The topological polar surface area (TPSA) is 136 Å². The third-order valence-electron chi connectivity index (χ3n) is 28.0. The van der Waals surface area contributed by atoms with E-state index in [0.717, 1.165) is 182 Å². The second-order valence-corrected chi connectivity index (χ2v) is 36.9. The summed E-state index contributed by atoms with van der Waals surface area (Å²) in [7, 11) is 0. The van der Waals surface area contributed by atoms with Gasteiger partial charge in [0.05, 0.1) is 65.9 Å². The summed E-state index contributed by atoms with van der Waals surface area (Å²) in [6, 6.07) is 158. The Bertz CT molecular complexity index is 10300. The predicted octanol–water partition coefficient (Wildman–Crippen LogP) is 33.5. The van der Waals surface area contributed by atoms with E-state index in [4.69, 9.17) is 43.2 Å². The Labute approximate surface area is 802 Å². The van der Waals surface area contributed by atoms with Crippen LogP contribution in [0, 0.1) is 0 Å². The standard InChI is InChI=1S/C63H37N5O2.C63H37N5OS/c1-3-14-38(15-4-1)61-64-62(39-16-5-2-6-17-39)66-63(65-61)42-28-32-58-50(36-42)51-37-43(29-33-59(51)69-58)67-52-22-10-7-18-44(52)48-34-40(26-30-54(48)67)41-27-31-55-49(35-41)45-19-8-11-23-53(45)68(55)56-24-13-21-47-46-20-9-12-25-57(46)70-60(47)56;1-3-16-38(17-4-1)61-64-62(39-18-5-2-6-19-39)66-63(65-61)48-26-13-24-46-47-25-15-30-56(60(47)70-59(46)48)68-52-28-11-8-21-43(52)50-37-41(33-35-54(50)68)40-32-34-53-49(36-40)42-20-7-10-27-51(42)67(53)55-29-14-23-45-44-22-9-12-31-57(44)69-58(45)55/h2*1-37H. The molecule has 20 aromatic carbocycles. The normalized spacial score (nSPS) is 12.0. The van der Waals surface area contributed by atoms with Gasteiger partial charge in [0, 0.05) is 130 Å². The summed E-state index contributed by atoms with van der Waals surface area (Å²) in [5.41, 5.74) is 28.8. The molecular weight excluding hydrogens is 1730 g/mol. The Morgan fingerprint density at radius 3 is 0.893 bits per heavy atom. The van der Waals surface area contributed by atoms with Crippen LogP contribution in [0.4, 0.5) is 0 Å². The number of thiophene rings is 1. The summed E-state index contributed by atoms with van der Waals surface area (Å²) in [6.45, 7) is 0. The lowest BCUT2D eigenvalue weighted by Crippen LogP contribution is -2.00. The van der Waals surface area contributed by atoms with Gasteiger partial charge in [-0.05, 0) is 168 Å². The molecule has 140 heavy (non-hydrogen) atoms. The second-order valence-electron chi connectivity index (χ2n) is 35.9. The maximum atomic E-state index is 6.58. The van der Waals surface area contributed by atoms with E-state index in [-0.39, 0.29) is 0 Å². The maximum Gasteiger partial charge on any atom is 0.165 e. The van der Waals surface area contributed by atoms with Gasteiger partial charge in [0.1, 0.15) is 22.3 Å². The van der Waals surface area contributed by atoms with E-state index in [1.54, 1.807) is 11.3 Å². The lowest BCUT2D eigenvalue weighted by molar-refractivity contribution is 0.666. The van der Waals surface area contributed by atoms with Crippen LogP contribution >= 0.6 is 11.3 Å². The van der Waals surface area contributed by atoms with Gasteiger partial charge in [-0.25, -0.2) is 29.9 Å². The number of para-hydroxylation sites is 8. The number of benzene rings is 20. The van der Waals surface area contributed by atoms with Crippen molar-refractivity contribution in [2.45, 2.75) is 0 Å². The van der Waals surface area contributed by atoms with Gasteiger partial charge in [0.25, 0.3) is 0 Å². The summed E-state index contributed by atoms with van der Waals surface area (Å²) in [5.74, 6) is 3.80. The number of hydrogen-bond acceptors (Lipinski definition) is 10. The van der Waals surface area contributed by atoms with Crippen molar-refractivity contribution in [2.24, 2.45) is 0 Å². The molecule has 0 spiro atoms. The van der Waals surface area contributed by atoms with Gasteiger partial charge in [0.15, 0.2) is 46.1 Å². The Morgan fingerprint density at radius 1 is 0.164 bits per heavy atom. The molecule has 0 atom stereocenters. The third-order valence-corrected chi connectivity index (χ3v) is 29.2. The minimum Gasteiger partial charge on any atom is -0.456 e. The molecule has 0 fully saturated rings. The molecule has 13 nitrogen and oxygen atoms in total. The van der Waals surface area contributed by atoms with Crippen molar-refractivity contribution in [1.29, 1.82) is 0 Å². The van der Waals surface area contributed by atoms with Crippen molar-refractivity contribution >= 4 is 185 Å². The van der Waals surface area contributed by atoms with Crippen molar-refractivity contribution in [1.82, 2.24) is 48.2 Å². The summed E-state index contributed by atoms with van der Waals surface area (Å²) < 4.78 is 31.5. The Kier molecular flexibility index (Phi) is 17.7. The first-order valence-electron chi connectivity index (χ1n) is 47.0. The molecule has 0 unspecified atom stereocenters. The first-order chi connectivity index (χ1) is 69.4. The number of furan rings is 3. The third kappa shape index (κ3) is 12.5. The molecule has 10 heterocycles. The molecule has 14 heteroatoms. The van der Waals surface area contributed by atoms with E-state index in [1.807, 2.05) is 133 Å². The molecule has 0 bridgehead atoms. The number of fused-ring (bicyclic) bond motifs is 24. The largest absolute Gasteiger partial charge is 0.456 e. The fraction of sp³-hybridized carbons (Fsp3) is 0. The van der Waals surface area contributed by atoms with Crippen LogP contribution in [0.3, 0.4) is 0 Å². The van der Waals surface area contributed by atoms with Gasteiger partial charge in [-0.3, -0.25) is 0 Å². The van der Waals surface area contributed by atoms with Crippen molar-refractivity contribution in [3.63, 3.8) is 0 Å². The highest BCUT2D eigenvalue weighted by Crippen LogP contribution is 2.49. The van der Waals surface area contributed by atoms with Crippen LogP contribution in [-0.2, 0) is 0 Å². The van der Waals surface area contributed by atoms with Crippen LogP contribution in [0.1, 0.15) is 0 Å². The van der Waals surface area contributed by atoms with Crippen LogP contribution < -0.4 is 0 Å². The van der Waals surface area contributed by atoms with Crippen molar-refractivity contribution < 1.29 is 13.3 Å². The first kappa shape index (κ1) is 78.7. The number of hydrogen-bond donors (Lipinski definition) is 0. The Morgan fingerprint density at radius 2 is 0.457 bits per heavy atom. The Hall–Kier alpha value is -18.8. The van der Waals surface area contributed by atoms with Crippen molar-refractivity contribution in [2.75, 3.05) is 0 Å². The molecule has 652 valence electrons. The molecule has 0 saturated heterocycles. The van der Waals surface area contributed by atoms with Crippen LogP contribution in [0.5, 0.6) is 0 Å². The molecule has 0 aliphatic carbocycles. The number of aromatic nitrogens is 10. The molecule has 10 aromatic heterocycles. The second kappa shape index (κ2) is 31.4. The van der Waals surface area contributed by atoms with Gasteiger partial charge in [-0.15, -0.1) is 11.3 Å².